The fourth-order valence-corrected chi connectivity index (χ4v) is 6.02. The van der Waals surface area contributed by atoms with Gasteiger partial charge in [-0.1, -0.05) is 112 Å². The van der Waals surface area contributed by atoms with Crippen LogP contribution in [0.4, 0.5) is 0 Å². The SMILES string of the molecule is CCCCCCCCCCCCCCP(CCCCCC)C1N=CN=N1. The zero-order chi connectivity index (χ0) is 18.7. The highest BCUT2D eigenvalue weighted by molar-refractivity contribution is 7.58. The van der Waals surface area contributed by atoms with Crippen molar-refractivity contribution in [1.29, 1.82) is 0 Å². The van der Waals surface area contributed by atoms with Gasteiger partial charge in [0.15, 0.2) is 5.91 Å². The van der Waals surface area contributed by atoms with Gasteiger partial charge in [0.25, 0.3) is 0 Å². The molecule has 26 heavy (non-hydrogen) atoms. The fourth-order valence-electron chi connectivity index (χ4n) is 3.62. The third kappa shape index (κ3) is 13.0. The molecule has 0 saturated carbocycles. The van der Waals surface area contributed by atoms with Gasteiger partial charge in [-0.2, -0.15) is 5.11 Å². The van der Waals surface area contributed by atoms with Crippen molar-refractivity contribution in [1.82, 2.24) is 0 Å². The van der Waals surface area contributed by atoms with Gasteiger partial charge < -0.3 is 0 Å². The van der Waals surface area contributed by atoms with Gasteiger partial charge in [-0.25, -0.2) is 4.99 Å². The van der Waals surface area contributed by atoms with Gasteiger partial charge in [0.2, 0.25) is 0 Å². The number of azo groups is 1. The summed E-state index contributed by atoms with van der Waals surface area (Å²) in [5.41, 5.74) is 0. The lowest BCUT2D eigenvalue weighted by atomic mass is 10.1. The highest BCUT2D eigenvalue weighted by Crippen LogP contribution is 2.45. The van der Waals surface area contributed by atoms with Crippen molar-refractivity contribution in [2.45, 2.75) is 122 Å². The second-order valence-electron chi connectivity index (χ2n) is 7.83. The summed E-state index contributed by atoms with van der Waals surface area (Å²) in [4.78, 5) is 4.48. The zero-order valence-electron chi connectivity index (χ0n) is 17.7. The Morgan fingerprint density at radius 1 is 0.615 bits per heavy atom. The van der Waals surface area contributed by atoms with Gasteiger partial charge in [0.05, 0.1) is 0 Å². The largest absolute Gasteiger partial charge is 0.239 e. The minimum atomic E-state index is -0.0746. The summed E-state index contributed by atoms with van der Waals surface area (Å²) in [6, 6.07) is 0. The van der Waals surface area contributed by atoms with Crippen LogP contribution in [0.2, 0.25) is 0 Å². The Hall–Kier alpha value is -0.300. The van der Waals surface area contributed by atoms with Gasteiger partial charge in [-0.3, -0.25) is 0 Å². The molecule has 0 saturated heterocycles. The molecule has 0 spiro atoms. The Kier molecular flexibility index (Phi) is 16.5. The van der Waals surface area contributed by atoms with E-state index in [2.05, 4.69) is 29.1 Å². The van der Waals surface area contributed by atoms with E-state index in [1.165, 1.54) is 115 Å². The predicted octanol–water partition coefficient (Wildman–Crippen LogP) is 8.53. The topological polar surface area (TPSA) is 37.1 Å². The molecule has 0 bridgehead atoms. The van der Waals surface area contributed by atoms with E-state index in [4.69, 9.17) is 0 Å². The first kappa shape index (κ1) is 23.7. The van der Waals surface area contributed by atoms with Gasteiger partial charge in [-0.05, 0) is 25.2 Å². The van der Waals surface area contributed by atoms with Crippen molar-refractivity contribution in [3.05, 3.63) is 0 Å². The molecule has 0 aromatic rings. The molecule has 0 aromatic heterocycles. The quantitative estimate of drug-likeness (QED) is 0.159. The van der Waals surface area contributed by atoms with E-state index < -0.39 is 0 Å². The van der Waals surface area contributed by atoms with Crippen LogP contribution in [0.5, 0.6) is 0 Å². The van der Waals surface area contributed by atoms with Crippen LogP contribution in [0.3, 0.4) is 0 Å². The van der Waals surface area contributed by atoms with Crippen LogP contribution in [0.15, 0.2) is 15.2 Å². The zero-order valence-corrected chi connectivity index (χ0v) is 18.6. The second kappa shape index (κ2) is 18.1. The molecule has 0 N–H and O–H groups in total. The number of unbranched alkanes of at least 4 members (excludes halogenated alkanes) is 14. The molecule has 1 rings (SSSR count). The predicted molar refractivity (Wildman–Crippen MR) is 119 cm³/mol. The van der Waals surface area contributed by atoms with E-state index >= 15 is 0 Å². The number of rotatable bonds is 19. The molecule has 1 heterocycles. The van der Waals surface area contributed by atoms with Crippen LogP contribution < -0.4 is 0 Å². The average Bonchev–Trinajstić information content (AvgIpc) is 3.19. The standard InChI is InChI=1S/C22H44N3P/c1-3-5-7-9-10-11-12-13-14-15-16-18-20-26(19-17-8-6-4-2)22-23-21-24-25-22/h21-22H,3-20H2,1-2H3. The molecule has 1 aliphatic heterocycles. The van der Waals surface area contributed by atoms with E-state index in [-0.39, 0.29) is 13.8 Å². The second-order valence-corrected chi connectivity index (χ2v) is 10.4. The highest BCUT2D eigenvalue weighted by atomic mass is 31.1. The van der Waals surface area contributed by atoms with E-state index in [9.17, 15) is 0 Å². The average molecular weight is 382 g/mol. The minimum Gasteiger partial charge on any atom is -0.239 e. The molecule has 2 unspecified atom stereocenters. The molecule has 0 amide bonds. The maximum absolute atomic E-state index is 4.48. The monoisotopic (exact) mass is 381 g/mol. The van der Waals surface area contributed by atoms with Crippen LogP contribution >= 0.6 is 7.92 Å². The van der Waals surface area contributed by atoms with E-state index in [1.807, 2.05) is 0 Å². The molecule has 0 radical (unpaired) electrons. The summed E-state index contributed by atoms with van der Waals surface area (Å²) < 4.78 is 0. The Balaban J connectivity index is 1.97. The first-order chi connectivity index (χ1) is 12.9. The fraction of sp³-hybridized carbons (Fsp3) is 0.955. The van der Waals surface area contributed by atoms with Crippen LogP contribution in [0.25, 0.3) is 0 Å². The summed E-state index contributed by atoms with van der Waals surface area (Å²) in [6.45, 7) is 4.58. The third-order valence-corrected chi connectivity index (χ3v) is 8.02. The lowest BCUT2D eigenvalue weighted by Gasteiger charge is -2.19. The number of nitrogens with zero attached hydrogens (tertiary/aromatic N) is 3. The highest BCUT2D eigenvalue weighted by Gasteiger charge is 2.20. The van der Waals surface area contributed by atoms with Crippen LogP contribution in [0, 0.1) is 0 Å². The first-order valence-corrected chi connectivity index (χ1v) is 13.3. The summed E-state index contributed by atoms with van der Waals surface area (Å²) in [7, 11) is -0.0746. The Morgan fingerprint density at radius 3 is 1.46 bits per heavy atom. The summed E-state index contributed by atoms with van der Waals surface area (Å²) in [5, 5.41) is 8.33. The summed E-state index contributed by atoms with van der Waals surface area (Å²) in [5.74, 6) is 0.194. The molecule has 1 aliphatic rings. The molecule has 0 aliphatic carbocycles. The van der Waals surface area contributed by atoms with Crippen molar-refractivity contribution < 1.29 is 0 Å². The molecular formula is C22H44N3P. The Labute approximate surface area is 164 Å². The van der Waals surface area contributed by atoms with Crippen LogP contribution in [-0.4, -0.2) is 24.6 Å². The molecule has 2 atom stereocenters. The lowest BCUT2D eigenvalue weighted by Crippen LogP contribution is -2.03. The Bertz CT molecular complexity index is 345. The van der Waals surface area contributed by atoms with E-state index in [1.54, 1.807) is 6.34 Å². The Morgan fingerprint density at radius 2 is 1.04 bits per heavy atom. The molecule has 152 valence electrons. The third-order valence-electron chi connectivity index (χ3n) is 5.35. The van der Waals surface area contributed by atoms with Gasteiger partial charge in [0, 0.05) is 0 Å². The first-order valence-electron chi connectivity index (χ1n) is 11.5. The summed E-state index contributed by atoms with van der Waals surface area (Å²) in [6.07, 6.45) is 26.9. The van der Waals surface area contributed by atoms with Crippen molar-refractivity contribution in [3.63, 3.8) is 0 Å². The molecular weight excluding hydrogens is 337 g/mol. The van der Waals surface area contributed by atoms with Crippen molar-refractivity contribution in [3.8, 4) is 0 Å². The van der Waals surface area contributed by atoms with Crippen LogP contribution in [0.1, 0.15) is 117 Å². The van der Waals surface area contributed by atoms with Gasteiger partial charge in [-0.15, -0.1) is 5.11 Å². The van der Waals surface area contributed by atoms with E-state index in [0.29, 0.717) is 0 Å². The maximum atomic E-state index is 4.48. The molecule has 3 nitrogen and oxygen atoms in total. The lowest BCUT2D eigenvalue weighted by molar-refractivity contribution is 0.548. The molecule has 0 aromatic carbocycles. The normalized spacial score (nSPS) is 17.2. The summed E-state index contributed by atoms with van der Waals surface area (Å²) >= 11 is 0. The molecule has 0 fully saturated rings. The van der Waals surface area contributed by atoms with Crippen molar-refractivity contribution in [2.75, 3.05) is 12.3 Å². The van der Waals surface area contributed by atoms with Crippen molar-refractivity contribution >= 4 is 14.3 Å². The number of hydrogen-bond donors (Lipinski definition) is 0. The van der Waals surface area contributed by atoms with E-state index in [0.717, 1.165) is 0 Å². The number of hydrogen-bond acceptors (Lipinski definition) is 3. The van der Waals surface area contributed by atoms with Gasteiger partial charge >= 0.3 is 0 Å². The molecule has 4 heteroatoms. The minimum absolute atomic E-state index is 0.0746. The van der Waals surface area contributed by atoms with Crippen LogP contribution in [-0.2, 0) is 0 Å². The van der Waals surface area contributed by atoms with Crippen molar-refractivity contribution in [2.24, 2.45) is 15.2 Å². The smallest absolute Gasteiger partial charge is 0.180 e. The number of aliphatic imine (C=N–C) groups is 1. The van der Waals surface area contributed by atoms with Gasteiger partial charge in [0.1, 0.15) is 6.34 Å². The maximum Gasteiger partial charge on any atom is 0.180 e.